The quantitative estimate of drug-likeness (QED) is 0.264. The number of pyridine rings is 1. The van der Waals surface area contributed by atoms with E-state index in [1.54, 1.807) is 0 Å². The summed E-state index contributed by atoms with van der Waals surface area (Å²) >= 11 is 0. The minimum absolute atomic E-state index is 0.0295. The minimum atomic E-state index is -0.363. The normalized spacial score (nSPS) is 17.9. The molecule has 1 aromatic rings. The molecule has 0 bridgehead atoms. The van der Waals surface area contributed by atoms with Gasteiger partial charge in [-0.3, -0.25) is 0 Å². The van der Waals surface area contributed by atoms with Gasteiger partial charge >= 0.3 is 0 Å². The molecule has 194 valence electrons. The van der Waals surface area contributed by atoms with Crippen LogP contribution in [0.5, 0.6) is 0 Å². The molecule has 0 radical (unpaired) electrons. The van der Waals surface area contributed by atoms with Gasteiger partial charge in [0.2, 0.25) is 0 Å². The Morgan fingerprint density at radius 2 is 1.91 bits per heavy atom. The van der Waals surface area contributed by atoms with E-state index < -0.39 is 0 Å². The summed E-state index contributed by atoms with van der Waals surface area (Å²) in [5, 5.41) is 16.9. The van der Waals surface area contributed by atoms with Crippen LogP contribution < -0.4 is 10.6 Å². The highest BCUT2D eigenvalue weighted by Crippen LogP contribution is 2.31. The zero-order chi connectivity index (χ0) is 26.2. The van der Waals surface area contributed by atoms with E-state index in [4.69, 9.17) is 4.79 Å². The number of hydrogen-bond donors (Lipinski definition) is 3. The molecule has 2 heterocycles. The van der Waals surface area contributed by atoms with Crippen molar-refractivity contribution in [2.75, 3.05) is 12.4 Å². The summed E-state index contributed by atoms with van der Waals surface area (Å²) in [5.74, 6) is 0.877. The van der Waals surface area contributed by atoms with Crippen LogP contribution in [0.4, 0.5) is 5.82 Å². The van der Waals surface area contributed by atoms with Crippen LogP contribution in [0.1, 0.15) is 90.7 Å². The first-order valence-electron chi connectivity index (χ1n) is 13.1. The Morgan fingerprint density at radius 3 is 2.40 bits per heavy atom. The summed E-state index contributed by atoms with van der Waals surface area (Å²) in [7, 11) is 1.89. The number of carbonyl (C=O) groups is 1. The number of unbranched alkanes of at least 4 members (excludes halogenated alkanes) is 1. The molecule has 2 aliphatic rings. The molecule has 5 heteroatoms. The largest absolute Gasteiger partial charge is 0.391 e. The number of aliphatic hydroxyl groups is 1. The summed E-state index contributed by atoms with van der Waals surface area (Å²) in [6.07, 6.45) is 19.5. The van der Waals surface area contributed by atoms with E-state index in [1.807, 2.05) is 13.2 Å². The van der Waals surface area contributed by atoms with Crippen molar-refractivity contribution in [3.63, 3.8) is 0 Å². The fourth-order valence-electron chi connectivity index (χ4n) is 3.57. The van der Waals surface area contributed by atoms with E-state index in [0.29, 0.717) is 0 Å². The van der Waals surface area contributed by atoms with Crippen molar-refractivity contribution in [2.24, 2.45) is 0 Å². The van der Waals surface area contributed by atoms with E-state index in [0.717, 1.165) is 43.4 Å². The van der Waals surface area contributed by atoms with Gasteiger partial charge in [-0.2, -0.15) is 0 Å². The van der Waals surface area contributed by atoms with E-state index in [1.165, 1.54) is 54.0 Å². The Hall–Kier alpha value is -2.66. The molecule has 1 fully saturated rings. The number of rotatable bonds is 9. The number of nitrogens with zero attached hydrogens (tertiary/aromatic N) is 1. The second kappa shape index (κ2) is 16.9. The molecule has 2 atom stereocenters. The number of nitrogens with one attached hydrogen (secondary N) is 2. The highest BCUT2D eigenvalue weighted by Gasteiger charge is 2.21. The average molecular weight is 482 g/mol. The van der Waals surface area contributed by atoms with Gasteiger partial charge in [0.05, 0.1) is 12.1 Å². The molecule has 0 saturated heterocycles. The van der Waals surface area contributed by atoms with Crippen LogP contribution in [0.25, 0.3) is 6.08 Å². The van der Waals surface area contributed by atoms with E-state index in [-0.39, 0.29) is 12.1 Å². The Balaban J connectivity index is 0.000000902. The van der Waals surface area contributed by atoms with Crippen molar-refractivity contribution in [3.05, 3.63) is 64.0 Å². The molecule has 3 rings (SSSR count). The first-order chi connectivity index (χ1) is 16.8. The lowest BCUT2D eigenvalue weighted by atomic mass is 9.88. The minimum Gasteiger partial charge on any atom is -0.391 e. The number of aliphatic hydroxyl groups excluding tert-OH is 1. The van der Waals surface area contributed by atoms with Gasteiger partial charge in [0.15, 0.2) is 0 Å². The molecule has 2 unspecified atom stereocenters. The van der Waals surface area contributed by atoms with Gasteiger partial charge < -0.3 is 20.5 Å². The zero-order valence-electron chi connectivity index (χ0n) is 22.9. The van der Waals surface area contributed by atoms with Crippen molar-refractivity contribution < 1.29 is 9.90 Å². The van der Waals surface area contributed by atoms with Gasteiger partial charge in [-0.1, -0.05) is 58.1 Å². The van der Waals surface area contributed by atoms with Crippen molar-refractivity contribution in [3.8, 4) is 0 Å². The Morgan fingerprint density at radius 1 is 1.26 bits per heavy atom. The van der Waals surface area contributed by atoms with Crippen LogP contribution in [0, 0.1) is 6.92 Å². The number of hydrogen-bond acceptors (Lipinski definition) is 5. The maximum absolute atomic E-state index is 10.4. The fourth-order valence-corrected chi connectivity index (χ4v) is 3.57. The van der Waals surface area contributed by atoms with Crippen molar-refractivity contribution >= 4 is 18.2 Å². The van der Waals surface area contributed by atoms with Crippen LogP contribution in [-0.4, -0.2) is 35.6 Å². The molecule has 1 aliphatic carbocycles. The number of allylic oxidation sites excluding steroid dienone is 5. The summed E-state index contributed by atoms with van der Waals surface area (Å²) < 4.78 is 0. The third kappa shape index (κ3) is 11.1. The standard InChI is InChI=1S/C25H37N3O.C3H6.C2H4O/c1-7-9-11-17(3)21(14-20-15-28-25(26-6)13-18(20)4)22-16-27-23(12-19(22)5)24(29)10-8-2;1-2-3-1;1-2-3/h11-16,23-24,27,29H,7-10H2,1-6H3,(H,26,28);1-3H2;2H,1H3/b17-11+,21-14+;;. The molecule has 35 heavy (non-hydrogen) atoms. The number of carbonyl (C=O) groups excluding carboxylic acids is 1. The van der Waals surface area contributed by atoms with Crippen LogP contribution in [-0.2, 0) is 4.79 Å². The fraction of sp³-hybridized carbons (Fsp3) is 0.533. The maximum atomic E-state index is 10.4. The van der Waals surface area contributed by atoms with Crippen molar-refractivity contribution in [1.29, 1.82) is 0 Å². The number of aryl methyl sites for hydroxylation is 1. The molecule has 0 aromatic carbocycles. The van der Waals surface area contributed by atoms with Crippen LogP contribution in [0.2, 0.25) is 0 Å². The third-order valence-corrected chi connectivity index (χ3v) is 5.79. The lowest BCUT2D eigenvalue weighted by Gasteiger charge is -2.27. The smallest absolute Gasteiger partial charge is 0.125 e. The predicted octanol–water partition coefficient (Wildman–Crippen LogP) is 6.90. The molecule has 1 aliphatic heterocycles. The summed E-state index contributed by atoms with van der Waals surface area (Å²) in [5.41, 5.74) is 7.13. The first kappa shape index (κ1) is 30.4. The molecule has 5 nitrogen and oxygen atoms in total. The van der Waals surface area contributed by atoms with Crippen LogP contribution >= 0.6 is 0 Å². The van der Waals surface area contributed by atoms with Gasteiger partial charge in [0.25, 0.3) is 0 Å². The van der Waals surface area contributed by atoms with Gasteiger partial charge in [0, 0.05) is 25.0 Å². The first-order valence-corrected chi connectivity index (χ1v) is 13.1. The summed E-state index contributed by atoms with van der Waals surface area (Å²) in [4.78, 5) is 13.3. The number of aromatic nitrogens is 1. The number of dihydropyridines is 1. The molecule has 3 N–H and O–H groups in total. The van der Waals surface area contributed by atoms with E-state index >= 15 is 0 Å². The molecule has 0 amide bonds. The average Bonchev–Trinajstić information content (AvgIpc) is 3.72. The highest BCUT2D eigenvalue weighted by molar-refractivity contribution is 5.70. The predicted molar refractivity (Wildman–Crippen MR) is 150 cm³/mol. The molecule has 1 aromatic heterocycles. The lowest BCUT2D eigenvalue weighted by Crippen LogP contribution is -2.37. The van der Waals surface area contributed by atoms with Gasteiger partial charge in [0.1, 0.15) is 12.1 Å². The Labute approximate surface area is 213 Å². The Kier molecular flexibility index (Phi) is 14.6. The van der Waals surface area contributed by atoms with Crippen molar-refractivity contribution in [1.82, 2.24) is 10.3 Å². The molecular formula is C30H47N3O2. The second-order valence-corrected chi connectivity index (χ2v) is 9.16. The highest BCUT2D eigenvalue weighted by atomic mass is 16.3. The summed E-state index contributed by atoms with van der Waals surface area (Å²) in [6, 6.07) is 2.04. The zero-order valence-corrected chi connectivity index (χ0v) is 22.9. The van der Waals surface area contributed by atoms with E-state index in [9.17, 15) is 5.11 Å². The van der Waals surface area contributed by atoms with Crippen molar-refractivity contribution in [2.45, 2.75) is 98.6 Å². The second-order valence-electron chi connectivity index (χ2n) is 9.16. The topological polar surface area (TPSA) is 74.2 Å². The Bertz CT molecular complexity index is 907. The van der Waals surface area contributed by atoms with Gasteiger partial charge in [-0.25, -0.2) is 4.98 Å². The third-order valence-electron chi connectivity index (χ3n) is 5.79. The number of anilines is 1. The SMILES string of the molecule is C1CC1.CC=O.CCC/C=C(C)/C(=C\c1cnc(NC)cc1C)C1=CNC(C(O)CCC)C=C1C. The molecular weight excluding hydrogens is 434 g/mol. The number of aldehydes is 1. The van der Waals surface area contributed by atoms with Gasteiger partial charge in [-0.05, 0) is 80.5 Å². The molecule has 0 spiro atoms. The van der Waals surface area contributed by atoms with E-state index in [2.05, 4.69) is 80.7 Å². The van der Waals surface area contributed by atoms with Crippen LogP contribution in [0.3, 0.4) is 0 Å². The lowest BCUT2D eigenvalue weighted by molar-refractivity contribution is -0.106. The van der Waals surface area contributed by atoms with Crippen LogP contribution in [0.15, 0.2) is 52.9 Å². The molecule has 1 saturated carbocycles. The monoisotopic (exact) mass is 481 g/mol. The van der Waals surface area contributed by atoms with Gasteiger partial charge in [-0.15, -0.1) is 0 Å². The maximum Gasteiger partial charge on any atom is 0.125 e. The summed E-state index contributed by atoms with van der Waals surface area (Å²) in [6.45, 7) is 12.2.